The standard InChI is InChI=1S/C23H21NO3/c1-14-8-9-16(10-15(14)2)11-23(25)24-19-13-21-18(12-22(19)26-3)17-6-4-5-7-20(17)27-21/h4-10,12-13H,11H2,1-3H3,(H,24,25). The van der Waals surface area contributed by atoms with Crippen molar-refractivity contribution in [2.24, 2.45) is 0 Å². The minimum atomic E-state index is -0.0907. The van der Waals surface area contributed by atoms with Crippen molar-refractivity contribution in [3.8, 4) is 5.75 Å². The van der Waals surface area contributed by atoms with Gasteiger partial charge < -0.3 is 14.5 Å². The molecule has 4 rings (SSSR count). The van der Waals surface area contributed by atoms with E-state index >= 15 is 0 Å². The SMILES string of the molecule is COc1cc2c(cc1NC(=O)Cc1ccc(C)c(C)c1)oc1ccccc12. The van der Waals surface area contributed by atoms with Crippen molar-refractivity contribution in [1.82, 2.24) is 0 Å². The van der Waals surface area contributed by atoms with E-state index in [4.69, 9.17) is 9.15 Å². The summed E-state index contributed by atoms with van der Waals surface area (Å²) in [5, 5.41) is 4.95. The molecule has 0 fully saturated rings. The number of fused-ring (bicyclic) bond motifs is 3. The second-order valence-corrected chi connectivity index (χ2v) is 6.79. The van der Waals surface area contributed by atoms with Crippen LogP contribution in [0.15, 0.2) is 59.0 Å². The summed E-state index contributed by atoms with van der Waals surface area (Å²) < 4.78 is 11.4. The Kier molecular flexibility index (Phi) is 4.32. The summed E-state index contributed by atoms with van der Waals surface area (Å²) in [4.78, 5) is 12.6. The van der Waals surface area contributed by atoms with E-state index in [9.17, 15) is 4.79 Å². The van der Waals surface area contributed by atoms with Crippen molar-refractivity contribution >= 4 is 33.5 Å². The molecule has 1 amide bonds. The van der Waals surface area contributed by atoms with Crippen LogP contribution in [-0.4, -0.2) is 13.0 Å². The van der Waals surface area contributed by atoms with E-state index in [1.165, 1.54) is 11.1 Å². The maximum absolute atomic E-state index is 12.6. The van der Waals surface area contributed by atoms with Crippen molar-refractivity contribution in [2.45, 2.75) is 20.3 Å². The molecule has 27 heavy (non-hydrogen) atoms. The minimum absolute atomic E-state index is 0.0907. The molecule has 136 valence electrons. The maximum Gasteiger partial charge on any atom is 0.228 e. The molecular weight excluding hydrogens is 338 g/mol. The zero-order valence-corrected chi connectivity index (χ0v) is 15.6. The van der Waals surface area contributed by atoms with Gasteiger partial charge in [0.1, 0.15) is 16.9 Å². The van der Waals surface area contributed by atoms with Gasteiger partial charge in [-0.1, -0.05) is 36.4 Å². The number of rotatable bonds is 4. The number of furan rings is 1. The largest absolute Gasteiger partial charge is 0.495 e. The molecule has 0 spiro atoms. The molecule has 1 aromatic heterocycles. The Balaban J connectivity index is 1.64. The Labute approximate surface area is 157 Å². The number of carbonyl (C=O) groups is 1. The molecule has 0 unspecified atom stereocenters. The summed E-state index contributed by atoms with van der Waals surface area (Å²) >= 11 is 0. The lowest BCUT2D eigenvalue weighted by molar-refractivity contribution is -0.115. The van der Waals surface area contributed by atoms with Crippen molar-refractivity contribution in [2.75, 3.05) is 12.4 Å². The van der Waals surface area contributed by atoms with Crippen LogP contribution in [-0.2, 0) is 11.2 Å². The topological polar surface area (TPSA) is 51.5 Å². The van der Waals surface area contributed by atoms with Crippen LogP contribution in [0.2, 0.25) is 0 Å². The highest BCUT2D eigenvalue weighted by molar-refractivity contribution is 6.07. The van der Waals surface area contributed by atoms with Crippen LogP contribution in [0.3, 0.4) is 0 Å². The van der Waals surface area contributed by atoms with E-state index in [0.717, 1.165) is 27.5 Å². The van der Waals surface area contributed by atoms with Gasteiger partial charge in [-0.05, 0) is 42.7 Å². The fourth-order valence-electron chi connectivity index (χ4n) is 3.31. The number of nitrogens with one attached hydrogen (secondary N) is 1. The summed E-state index contributed by atoms with van der Waals surface area (Å²) in [5.41, 5.74) is 5.53. The predicted molar refractivity (Wildman–Crippen MR) is 109 cm³/mol. The van der Waals surface area contributed by atoms with Gasteiger partial charge >= 0.3 is 0 Å². The molecule has 0 aliphatic rings. The third kappa shape index (κ3) is 3.26. The van der Waals surface area contributed by atoms with Crippen molar-refractivity contribution < 1.29 is 13.9 Å². The number of methoxy groups -OCH3 is 1. The summed E-state index contributed by atoms with van der Waals surface area (Å²) in [6.07, 6.45) is 0.308. The first-order valence-electron chi connectivity index (χ1n) is 8.90. The van der Waals surface area contributed by atoms with Gasteiger partial charge in [0.25, 0.3) is 0 Å². The number of hydrogen-bond donors (Lipinski definition) is 1. The van der Waals surface area contributed by atoms with Crippen LogP contribution in [0.4, 0.5) is 5.69 Å². The van der Waals surface area contributed by atoms with E-state index < -0.39 is 0 Å². The Bertz CT molecular complexity index is 1160. The van der Waals surface area contributed by atoms with Gasteiger partial charge in [-0.3, -0.25) is 4.79 Å². The monoisotopic (exact) mass is 359 g/mol. The Morgan fingerprint density at radius 1 is 0.963 bits per heavy atom. The van der Waals surface area contributed by atoms with Crippen molar-refractivity contribution in [3.05, 3.63) is 71.3 Å². The molecule has 4 heteroatoms. The normalized spacial score (nSPS) is 11.1. The number of hydrogen-bond acceptors (Lipinski definition) is 3. The van der Waals surface area contributed by atoms with Crippen LogP contribution in [0.1, 0.15) is 16.7 Å². The first-order valence-corrected chi connectivity index (χ1v) is 8.90. The highest BCUT2D eigenvalue weighted by Crippen LogP contribution is 2.36. The average Bonchev–Trinajstić information content (AvgIpc) is 3.01. The molecule has 3 aromatic carbocycles. The summed E-state index contributed by atoms with van der Waals surface area (Å²) in [6.45, 7) is 4.11. The lowest BCUT2D eigenvalue weighted by Gasteiger charge is -2.11. The molecule has 4 aromatic rings. The van der Waals surface area contributed by atoms with Gasteiger partial charge in [-0.2, -0.15) is 0 Å². The Morgan fingerprint density at radius 3 is 2.56 bits per heavy atom. The highest BCUT2D eigenvalue weighted by atomic mass is 16.5. The zero-order chi connectivity index (χ0) is 19.0. The van der Waals surface area contributed by atoms with Gasteiger partial charge in [-0.15, -0.1) is 0 Å². The molecule has 0 saturated heterocycles. The van der Waals surface area contributed by atoms with Crippen LogP contribution < -0.4 is 10.1 Å². The molecule has 1 heterocycles. The number of ether oxygens (including phenoxy) is 1. The molecule has 0 aliphatic heterocycles. The summed E-state index contributed by atoms with van der Waals surface area (Å²) in [7, 11) is 1.60. The number of carbonyl (C=O) groups excluding carboxylic acids is 1. The molecule has 0 bridgehead atoms. The van der Waals surface area contributed by atoms with Crippen molar-refractivity contribution in [1.29, 1.82) is 0 Å². The number of amides is 1. The summed E-state index contributed by atoms with van der Waals surface area (Å²) in [6, 6.07) is 17.7. The quantitative estimate of drug-likeness (QED) is 0.531. The van der Waals surface area contributed by atoms with E-state index in [0.29, 0.717) is 17.9 Å². The first-order chi connectivity index (χ1) is 13.0. The van der Waals surface area contributed by atoms with Crippen LogP contribution in [0, 0.1) is 13.8 Å². The molecule has 0 atom stereocenters. The minimum Gasteiger partial charge on any atom is -0.495 e. The van der Waals surface area contributed by atoms with Crippen LogP contribution in [0.5, 0.6) is 5.75 Å². The maximum atomic E-state index is 12.6. The third-order valence-corrected chi connectivity index (χ3v) is 4.91. The number of anilines is 1. The zero-order valence-electron chi connectivity index (χ0n) is 15.6. The fraction of sp³-hybridized carbons (Fsp3) is 0.174. The smallest absolute Gasteiger partial charge is 0.228 e. The molecule has 4 nitrogen and oxygen atoms in total. The van der Waals surface area contributed by atoms with Crippen LogP contribution in [0.25, 0.3) is 21.9 Å². The molecule has 0 radical (unpaired) electrons. The molecule has 0 saturated carbocycles. The number of para-hydroxylation sites is 1. The van der Waals surface area contributed by atoms with Gasteiger partial charge in [0.2, 0.25) is 5.91 Å². The van der Waals surface area contributed by atoms with Gasteiger partial charge in [0.05, 0.1) is 19.2 Å². The third-order valence-electron chi connectivity index (χ3n) is 4.91. The lowest BCUT2D eigenvalue weighted by Crippen LogP contribution is -2.15. The summed E-state index contributed by atoms with van der Waals surface area (Å²) in [5.74, 6) is 0.523. The highest BCUT2D eigenvalue weighted by Gasteiger charge is 2.14. The number of benzene rings is 3. The van der Waals surface area contributed by atoms with Gasteiger partial charge in [0.15, 0.2) is 0 Å². The van der Waals surface area contributed by atoms with Crippen LogP contribution >= 0.6 is 0 Å². The second-order valence-electron chi connectivity index (χ2n) is 6.79. The molecular formula is C23H21NO3. The second kappa shape index (κ2) is 6.80. The average molecular weight is 359 g/mol. The predicted octanol–water partition coefficient (Wildman–Crippen LogP) is 5.39. The van der Waals surface area contributed by atoms with Gasteiger partial charge in [0, 0.05) is 16.8 Å². The van der Waals surface area contributed by atoms with E-state index in [-0.39, 0.29) is 5.91 Å². The Morgan fingerprint density at radius 2 is 1.78 bits per heavy atom. The number of aryl methyl sites for hydroxylation is 2. The first kappa shape index (κ1) is 17.2. The van der Waals surface area contributed by atoms with E-state index in [1.807, 2.05) is 48.5 Å². The molecule has 0 aliphatic carbocycles. The van der Waals surface area contributed by atoms with E-state index in [1.54, 1.807) is 7.11 Å². The van der Waals surface area contributed by atoms with E-state index in [2.05, 4.69) is 25.2 Å². The van der Waals surface area contributed by atoms with Crippen molar-refractivity contribution in [3.63, 3.8) is 0 Å². The fourth-order valence-corrected chi connectivity index (χ4v) is 3.31. The lowest BCUT2D eigenvalue weighted by atomic mass is 10.0. The Hall–Kier alpha value is -3.27. The van der Waals surface area contributed by atoms with Gasteiger partial charge in [-0.25, -0.2) is 0 Å². The molecule has 1 N–H and O–H groups in total.